The molecule has 1 aliphatic rings. The number of aromatic nitrogens is 4. The zero-order chi connectivity index (χ0) is 26.3. The first-order valence-electron chi connectivity index (χ1n) is 13.1. The van der Waals surface area contributed by atoms with Crippen LogP contribution in [0.5, 0.6) is 0 Å². The molecule has 1 amide bonds. The van der Waals surface area contributed by atoms with Crippen LogP contribution < -0.4 is 10.9 Å². The van der Waals surface area contributed by atoms with Gasteiger partial charge in [0.15, 0.2) is 0 Å². The monoisotopic (exact) mass is 512 g/mol. The lowest BCUT2D eigenvalue weighted by Gasteiger charge is -2.26. The van der Waals surface area contributed by atoms with Crippen LogP contribution in [-0.2, 0) is 6.54 Å². The molecular formula is C29H32N6O3. The molecule has 196 valence electrons. The van der Waals surface area contributed by atoms with Crippen molar-refractivity contribution in [1.82, 2.24) is 30.1 Å². The summed E-state index contributed by atoms with van der Waals surface area (Å²) in [6, 6.07) is 18.2. The second kappa shape index (κ2) is 12.0. The topological polar surface area (TPSA) is 106 Å². The van der Waals surface area contributed by atoms with Gasteiger partial charge in [-0.3, -0.25) is 9.59 Å². The number of likely N-dealkylation sites (tertiary alicyclic amines) is 1. The second-order valence-corrected chi connectivity index (χ2v) is 9.64. The van der Waals surface area contributed by atoms with Crippen molar-refractivity contribution < 1.29 is 9.32 Å². The maximum atomic E-state index is 12.6. The lowest BCUT2D eigenvalue weighted by Crippen LogP contribution is -2.33. The van der Waals surface area contributed by atoms with E-state index in [9.17, 15) is 9.59 Å². The predicted octanol–water partition coefficient (Wildman–Crippen LogP) is 3.92. The molecular weight excluding hydrogens is 480 g/mol. The third-order valence-electron chi connectivity index (χ3n) is 6.74. The lowest BCUT2D eigenvalue weighted by atomic mass is 10.1. The van der Waals surface area contributed by atoms with E-state index in [0.717, 1.165) is 29.7 Å². The molecule has 2 aromatic heterocycles. The molecule has 4 aromatic rings. The Morgan fingerprint density at radius 3 is 2.58 bits per heavy atom. The average molecular weight is 513 g/mol. The number of carbonyl (C=O) groups excluding carboxylic acids is 1. The minimum Gasteiger partial charge on any atom is -0.352 e. The van der Waals surface area contributed by atoms with Crippen LogP contribution in [0.25, 0.3) is 22.6 Å². The summed E-state index contributed by atoms with van der Waals surface area (Å²) in [5, 5.41) is 11.6. The van der Waals surface area contributed by atoms with E-state index in [1.54, 1.807) is 25.1 Å². The number of benzene rings is 2. The number of rotatable bonds is 9. The van der Waals surface area contributed by atoms with Crippen molar-refractivity contribution in [2.75, 3.05) is 26.2 Å². The number of nitrogens with zero attached hydrogens (tertiary/aromatic N) is 5. The summed E-state index contributed by atoms with van der Waals surface area (Å²) in [6.07, 6.45) is 4.84. The molecule has 9 nitrogen and oxygen atoms in total. The molecule has 1 N–H and O–H groups in total. The lowest BCUT2D eigenvalue weighted by molar-refractivity contribution is 0.0951. The average Bonchev–Trinajstić information content (AvgIpc) is 3.39. The van der Waals surface area contributed by atoms with Crippen LogP contribution >= 0.6 is 0 Å². The molecule has 9 heteroatoms. The highest BCUT2D eigenvalue weighted by Gasteiger charge is 2.12. The zero-order valence-electron chi connectivity index (χ0n) is 21.6. The van der Waals surface area contributed by atoms with Gasteiger partial charge in [0.2, 0.25) is 11.7 Å². The Labute approximate surface area is 221 Å². The van der Waals surface area contributed by atoms with Gasteiger partial charge < -0.3 is 14.7 Å². The van der Waals surface area contributed by atoms with Crippen LogP contribution in [0.4, 0.5) is 0 Å². The number of piperidine rings is 1. The Kier molecular flexibility index (Phi) is 8.04. The van der Waals surface area contributed by atoms with Crippen molar-refractivity contribution >= 4 is 5.91 Å². The van der Waals surface area contributed by atoms with Crippen molar-refractivity contribution in [3.05, 3.63) is 88.0 Å². The van der Waals surface area contributed by atoms with Crippen molar-refractivity contribution in [2.45, 2.75) is 39.2 Å². The third-order valence-corrected chi connectivity index (χ3v) is 6.74. The molecule has 0 radical (unpaired) electrons. The Hall–Kier alpha value is -4.11. The van der Waals surface area contributed by atoms with E-state index >= 15 is 0 Å². The first kappa shape index (κ1) is 25.5. The predicted molar refractivity (Wildman–Crippen MR) is 145 cm³/mol. The van der Waals surface area contributed by atoms with Crippen LogP contribution in [-0.4, -0.2) is 56.9 Å². The van der Waals surface area contributed by atoms with Crippen molar-refractivity contribution in [3.8, 4) is 22.6 Å². The number of nitrogens with one attached hydrogen (secondary N) is 1. The molecule has 0 bridgehead atoms. The van der Waals surface area contributed by atoms with Gasteiger partial charge in [-0.15, -0.1) is 0 Å². The summed E-state index contributed by atoms with van der Waals surface area (Å²) in [5.41, 5.74) is 3.59. The van der Waals surface area contributed by atoms with E-state index in [2.05, 4.69) is 25.5 Å². The molecule has 0 aliphatic carbocycles. The van der Waals surface area contributed by atoms with E-state index in [-0.39, 0.29) is 11.5 Å². The molecule has 1 aliphatic heterocycles. The number of hydrogen-bond acceptors (Lipinski definition) is 7. The highest BCUT2D eigenvalue weighted by molar-refractivity contribution is 5.94. The summed E-state index contributed by atoms with van der Waals surface area (Å²) >= 11 is 0. The highest BCUT2D eigenvalue weighted by atomic mass is 16.5. The van der Waals surface area contributed by atoms with E-state index < -0.39 is 0 Å². The van der Waals surface area contributed by atoms with Crippen LogP contribution in [0.2, 0.25) is 0 Å². The van der Waals surface area contributed by atoms with Gasteiger partial charge in [0.1, 0.15) is 0 Å². The number of amides is 1. The van der Waals surface area contributed by atoms with E-state index in [1.807, 2.05) is 36.4 Å². The minimum atomic E-state index is -0.199. The molecule has 38 heavy (non-hydrogen) atoms. The summed E-state index contributed by atoms with van der Waals surface area (Å²) < 4.78 is 6.51. The van der Waals surface area contributed by atoms with Crippen molar-refractivity contribution in [3.63, 3.8) is 0 Å². The fourth-order valence-corrected chi connectivity index (χ4v) is 4.70. The Balaban J connectivity index is 1.21. The zero-order valence-corrected chi connectivity index (χ0v) is 21.6. The van der Waals surface area contributed by atoms with E-state index in [0.29, 0.717) is 36.1 Å². The summed E-state index contributed by atoms with van der Waals surface area (Å²) in [6.45, 7) is 6.08. The molecule has 0 spiro atoms. The van der Waals surface area contributed by atoms with Gasteiger partial charge in [-0.1, -0.05) is 41.9 Å². The van der Waals surface area contributed by atoms with Crippen LogP contribution in [0.3, 0.4) is 0 Å². The van der Waals surface area contributed by atoms with Gasteiger partial charge in [-0.05, 0) is 68.7 Å². The molecule has 1 saturated heterocycles. The SMILES string of the molecule is Cc1nc(-c2cccc(Cn3nc(-c4ccc(C(=O)NCCCN5CCCCC5)cc4)ccc3=O)c2)no1. The first-order chi connectivity index (χ1) is 18.5. The summed E-state index contributed by atoms with van der Waals surface area (Å²) in [5.74, 6) is 0.918. The van der Waals surface area contributed by atoms with Crippen LogP contribution in [0.15, 0.2) is 70.0 Å². The van der Waals surface area contributed by atoms with E-state index in [4.69, 9.17) is 4.52 Å². The second-order valence-electron chi connectivity index (χ2n) is 9.64. The molecule has 0 unspecified atom stereocenters. The highest BCUT2D eigenvalue weighted by Crippen LogP contribution is 2.19. The number of hydrogen-bond donors (Lipinski definition) is 1. The summed E-state index contributed by atoms with van der Waals surface area (Å²) in [4.78, 5) is 31.9. The molecule has 1 fully saturated rings. The molecule has 5 rings (SSSR count). The van der Waals surface area contributed by atoms with Crippen LogP contribution in [0, 0.1) is 6.92 Å². The number of carbonyl (C=O) groups is 1. The normalized spacial score (nSPS) is 13.9. The van der Waals surface area contributed by atoms with Gasteiger partial charge in [-0.25, -0.2) is 4.68 Å². The van der Waals surface area contributed by atoms with Gasteiger partial charge in [0.25, 0.3) is 11.5 Å². The van der Waals surface area contributed by atoms with Gasteiger partial charge >= 0.3 is 0 Å². The fraction of sp³-hybridized carbons (Fsp3) is 0.345. The molecule has 0 saturated carbocycles. The molecule has 2 aromatic carbocycles. The largest absolute Gasteiger partial charge is 0.352 e. The quantitative estimate of drug-likeness (QED) is 0.339. The van der Waals surface area contributed by atoms with Gasteiger partial charge in [0, 0.05) is 36.2 Å². The fourth-order valence-electron chi connectivity index (χ4n) is 4.70. The standard InChI is InChI=1S/C29H32N6O3/c1-21-31-28(33-38-21)25-8-5-7-22(19-25)20-35-27(36)14-13-26(32-35)23-9-11-24(12-10-23)29(37)30-15-6-18-34-16-3-2-4-17-34/h5,7-14,19H,2-4,6,15-18,20H2,1H3,(H,30,37). The van der Waals surface area contributed by atoms with E-state index in [1.165, 1.54) is 43.1 Å². The van der Waals surface area contributed by atoms with Gasteiger partial charge in [-0.2, -0.15) is 10.1 Å². The van der Waals surface area contributed by atoms with Crippen LogP contribution in [0.1, 0.15) is 47.5 Å². The maximum Gasteiger partial charge on any atom is 0.267 e. The first-order valence-corrected chi connectivity index (χ1v) is 13.1. The Morgan fingerprint density at radius 1 is 1.00 bits per heavy atom. The Morgan fingerprint density at radius 2 is 1.82 bits per heavy atom. The molecule has 0 atom stereocenters. The molecule has 3 heterocycles. The smallest absolute Gasteiger partial charge is 0.267 e. The van der Waals surface area contributed by atoms with Crippen molar-refractivity contribution in [1.29, 1.82) is 0 Å². The van der Waals surface area contributed by atoms with Crippen molar-refractivity contribution in [2.24, 2.45) is 0 Å². The third kappa shape index (κ3) is 6.41. The Bertz CT molecular complexity index is 1440. The van der Waals surface area contributed by atoms with Gasteiger partial charge in [0.05, 0.1) is 12.2 Å². The maximum absolute atomic E-state index is 12.6. The number of aryl methyl sites for hydroxylation is 1. The minimum absolute atomic E-state index is 0.0789. The summed E-state index contributed by atoms with van der Waals surface area (Å²) in [7, 11) is 0.